The maximum absolute atomic E-state index is 12.7. The van der Waals surface area contributed by atoms with Gasteiger partial charge in [0, 0.05) is 24.0 Å². The van der Waals surface area contributed by atoms with Gasteiger partial charge in [0.05, 0.1) is 25.5 Å². The summed E-state index contributed by atoms with van der Waals surface area (Å²) in [6.07, 6.45) is 3.21. The maximum atomic E-state index is 12.7. The Labute approximate surface area is 161 Å². The number of amides is 1. The second-order valence-corrected chi connectivity index (χ2v) is 6.05. The van der Waals surface area contributed by atoms with Crippen LogP contribution in [0.3, 0.4) is 0 Å². The summed E-state index contributed by atoms with van der Waals surface area (Å²) in [5, 5.41) is 2.85. The molecule has 2 aromatic carbocycles. The van der Waals surface area contributed by atoms with E-state index in [9.17, 15) is 4.79 Å². The van der Waals surface area contributed by atoms with Gasteiger partial charge in [-0.05, 0) is 35.9 Å². The number of carbonyl (C=O) groups excluding carboxylic acids is 1. The Balaban J connectivity index is 1.58. The van der Waals surface area contributed by atoms with Crippen LogP contribution < -0.4 is 24.3 Å². The molecule has 1 aliphatic rings. The van der Waals surface area contributed by atoms with E-state index in [1.807, 2.05) is 18.2 Å². The molecule has 0 saturated heterocycles. The van der Waals surface area contributed by atoms with Gasteiger partial charge in [-0.25, -0.2) is 0 Å². The van der Waals surface area contributed by atoms with Gasteiger partial charge in [0.15, 0.2) is 11.5 Å². The highest BCUT2D eigenvalue weighted by molar-refractivity contribution is 6.05. The van der Waals surface area contributed by atoms with Gasteiger partial charge in [-0.2, -0.15) is 0 Å². The number of anilines is 1. The summed E-state index contributed by atoms with van der Waals surface area (Å²) in [5.74, 6) is 2.24. The Morgan fingerprint density at radius 2 is 1.82 bits per heavy atom. The van der Waals surface area contributed by atoms with E-state index >= 15 is 0 Å². The van der Waals surface area contributed by atoms with E-state index in [0.29, 0.717) is 34.2 Å². The third-order valence-corrected chi connectivity index (χ3v) is 4.36. The summed E-state index contributed by atoms with van der Waals surface area (Å²) >= 11 is 0. The van der Waals surface area contributed by atoms with Crippen molar-refractivity contribution in [3.8, 4) is 34.1 Å². The minimum absolute atomic E-state index is 0.211. The summed E-state index contributed by atoms with van der Waals surface area (Å²) in [5.41, 5.74) is 2.65. The van der Waals surface area contributed by atoms with Crippen LogP contribution in [-0.2, 0) is 0 Å². The van der Waals surface area contributed by atoms with Crippen molar-refractivity contribution in [2.75, 3.05) is 26.3 Å². The van der Waals surface area contributed by atoms with Crippen molar-refractivity contribution in [1.82, 2.24) is 4.98 Å². The number of fused-ring (bicyclic) bond motifs is 1. The fourth-order valence-corrected chi connectivity index (χ4v) is 2.89. The van der Waals surface area contributed by atoms with Crippen molar-refractivity contribution in [3.05, 3.63) is 60.4 Å². The van der Waals surface area contributed by atoms with Gasteiger partial charge in [-0.15, -0.1) is 0 Å². The molecule has 7 nitrogen and oxygen atoms in total. The number of pyridine rings is 1. The minimum Gasteiger partial charge on any atom is -0.497 e. The molecule has 28 heavy (non-hydrogen) atoms. The van der Waals surface area contributed by atoms with Gasteiger partial charge >= 0.3 is 0 Å². The molecule has 3 aromatic rings. The van der Waals surface area contributed by atoms with Crippen LogP contribution in [0, 0.1) is 0 Å². The van der Waals surface area contributed by atoms with Gasteiger partial charge in [0.25, 0.3) is 5.91 Å². The van der Waals surface area contributed by atoms with Crippen molar-refractivity contribution >= 4 is 11.6 Å². The van der Waals surface area contributed by atoms with E-state index < -0.39 is 0 Å². The van der Waals surface area contributed by atoms with Gasteiger partial charge in [-0.1, -0.05) is 6.07 Å². The van der Waals surface area contributed by atoms with Crippen LogP contribution in [0.5, 0.6) is 23.0 Å². The molecule has 0 aliphatic carbocycles. The van der Waals surface area contributed by atoms with E-state index in [1.54, 1.807) is 37.6 Å². The number of carbonyl (C=O) groups is 1. The van der Waals surface area contributed by atoms with Crippen LogP contribution in [0.2, 0.25) is 0 Å². The quantitative estimate of drug-likeness (QED) is 0.729. The second-order valence-electron chi connectivity index (χ2n) is 6.05. The van der Waals surface area contributed by atoms with Gasteiger partial charge in [0.1, 0.15) is 11.5 Å². The van der Waals surface area contributed by atoms with E-state index in [1.165, 1.54) is 13.3 Å². The first-order valence-electron chi connectivity index (χ1n) is 8.56. The Morgan fingerprint density at radius 1 is 0.964 bits per heavy atom. The van der Waals surface area contributed by atoms with E-state index in [-0.39, 0.29) is 12.7 Å². The monoisotopic (exact) mass is 378 g/mol. The average Bonchev–Trinajstić information content (AvgIpc) is 3.22. The van der Waals surface area contributed by atoms with Crippen LogP contribution >= 0.6 is 0 Å². The fourth-order valence-electron chi connectivity index (χ4n) is 2.89. The summed E-state index contributed by atoms with van der Waals surface area (Å²) in [4.78, 5) is 16.9. The van der Waals surface area contributed by atoms with E-state index in [0.717, 1.165) is 11.1 Å². The highest BCUT2D eigenvalue weighted by atomic mass is 16.7. The number of hydrogen-bond acceptors (Lipinski definition) is 6. The Morgan fingerprint density at radius 3 is 2.64 bits per heavy atom. The molecule has 0 bridgehead atoms. The van der Waals surface area contributed by atoms with Gasteiger partial charge in [0.2, 0.25) is 6.79 Å². The van der Waals surface area contributed by atoms with Crippen molar-refractivity contribution < 1.29 is 23.7 Å². The Kier molecular flexibility index (Phi) is 4.72. The minimum atomic E-state index is -0.293. The number of rotatable bonds is 5. The second kappa shape index (κ2) is 7.48. The van der Waals surface area contributed by atoms with Crippen molar-refractivity contribution in [2.45, 2.75) is 0 Å². The van der Waals surface area contributed by atoms with Crippen LogP contribution in [0.25, 0.3) is 11.1 Å². The molecule has 0 atom stereocenters. The highest BCUT2D eigenvalue weighted by Gasteiger charge is 2.16. The molecule has 1 amide bonds. The van der Waals surface area contributed by atoms with Gasteiger partial charge < -0.3 is 24.3 Å². The maximum Gasteiger partial charge on any atom is 0.257 e. The SMILES string of the molecule is COc1ccc(NC(=O)c2cncc(-c3ccc4c(c3)OCO4)c2)c(OC)c1. The predicted molar refractivity (Wildman–Crippen MR) is 103 cm³/mol. The standard InChI is InChI=1S/C21H18N2O5/c1-25-16-4-5-17(19(9-16)26-2)23-21(24)15-7-14(10-22-11-15)13-3-6-18-20(8-13)28-12-27-18/h3-11H,12H2,1-2H3,(H,23,24). The average molecular weight is 378 g/mol. The van der Waals surface area contributed by atoms with Gasteiger partial charge in [-0.3, -0.25) is 9.78 Å². The summed E-state index contributed by atoms with van der Waals surface area (Å²) in [6, 6.07) is 12.6. The lowest BCUT2D eigenvalue weighted by Gasteiger charge is -2.12. The third-order valence-electron chi connectivity index (χ3n) is 4.36. The molecule has 0 radical (unpaired) electrons. The molecule has 0 unspecified atom stereocenters. The molecular formula is C21H18N2O5. The lowest BCUT2D eigenvalue weighted by atomic mass is 10.1. The lowest BCUT2D eigenvalue weighted by Crippen LogP contribution is -2.13. The van der Waals surface area contributed by atoms with Crippen LogP contribution in [0.4, 0.5) is 5.69 Å². The zero-order valence-electron chi connectivity index (χ0n) is 15.4. The number of ether oxygens (including phenoxy) is 4. The smallest absolute Gasteiger partial charge is 0.257 e. The summed E-state index contributed by atoms with van der Waals surface area (Å²) in [6.45, 7) is 0.211. The number of nitrogens with one attached hydrogen (secondary N) is 1. The molecule has 0 saturated carbocycles. The topological polar surface area (TPSA) is 78.9 Å². The van der Waals surface area contributed by atoms with Crippen molar-refractivity contribution in [2.24, 2.45) is 0 Å². The summed E-state index contributed by atoms with van der Waals surface area (Å²) < 4.78 is 21.2. The number of methoxy groups -OCH3 is 2. The number of nitrogens with zero attached hydrogens (tertiary/aromatic N) is 1. The molecule has 2 heterocycles. The normalized spacial score (nSPS) is 11.8. The highest BCUT2D eigenvalue weighted by Crippen LogP contribution is 2.36. The van der Waals surface area contributed by atoms with Crippen molar-refractivity contribution in [3.63, 3.8) is 0 Å². The fraction of sp³-hybridized carbons (Fsp3) is 0.143. The molecule has 4 rings (SSSR count). The molecule has 0 fully saturated rings. The zero-order chi connectivity index (χ0) is 19.5. The first kappa shape index (κ1) is 17.7. The number of aromatic nitrogens is 1. The molecule has 1 aromatic heterocycles. The molecule has 142 valence electrons. The number of benzene rings is 2. The first-order chi connectivity index (χ1) is 13.7. The third kappa shape index (κ3) is 3.42. The van der Waals surface area contributed by atoms with Crippen LogP contribution in [0.15, 0.2) is 54.9 Å². The van der Waals surface area contributed by atoms with Crippen molar-refractivity contribution in [1.29, 1.82) is 0 Å². The Bertz CT molecular complexity index is 1040. The first-order valence-corrected chi connectivity index (χ1v) is 8.56. The molecular weight excluding hydrogens is 360 g/mol. The number of hydrogen-bond donors (Lipinski definition) is 1. The predicted octanol–water partition coefficient (Wildman–Crippen LogP) is 3.75. The largest absolute Gasteiger partial charge is 0.497 e. The van der Waals surface area contributed by atoms with Crippen LogP contribution in [-0.4, -0.2) is 31.9 Å². The molecule has 1 aliphatic heterocycles. The Hall–Kier alpha value is -3.74. The molecule has 0 spiro atoms. The van der Waals surface area contributed by atoms with E-state index in [2.05, 4.69) is 10.3 Å². The zero-order valence-corrected chi connectivity index (χ0v) is 15.4. The summed E-state index contributed by atoms with van der Waals surface area (Å²) in [7, 11) is 3.10. The van der Waals surface area contributed by atoms with E-state index in [4.69, 9.17) is 18.9 Å². The van der Waals surface area contributed by atoms with Crippen LogP contribution in [0.1, 0.15) is 10.4 Å². The molecule has 1 N–H and O–H groups in total. The lowest BCUT2D eigenvalue weighted by molar-refractivity contribution is 0.102. The molecule has 7 heteroatoms.